The molecule has 0 spiro atoms. The first-order chi connectivity index (χ1) is 17.1. The minimum Gasteiger partial charge on any atom is -0.468 e. The Morgan fingerprint density at radius 2 is 1.40 bits per heavy atom. The van der Waals surface area contributed by atoms with Gasteiger partial charge in [0, 0.05) is 0 Å². The molecule has 5 nitrogen and oxygen atoms in total. The van der Waals surface area contributed by atoms with E-state index in [9.17, 15) is 4.79 Å². The zero-order chi connectivity index (χ0) is 24.5. The van der Waals surface area contributed by atoms with Gasteiger partial charge in [-0.15, -0.1) is 0 Å². The lowest BCUT2D eigenvalue weighted by molar-refractivity contribution is -0.143. The number of hydrogen-bond donors (Lipinski definition) is 2. The van der Waals surface area contributed by atoms with Crippen LogP contribution in [-0.2, 0) is 15.1 Å². The number of nitrogens with two attached hydrogens (primary N) is 1. The van der Waals surface area contributed by atoms with Crippen LogP contribution in [-0.4, -0.2) is 24.1 Å². The van der Waals surface area contributed by atoms with Gasteiger partial charge in [-0.1, -0.05) is 97.1 Å². The van der Waals surface area contributed by atoms with Crippen LogP contribution in [0.2, 0.25) is 0 Å². The quantitative estimate of drug-likeness (QED) is 0.264. The highest BCUT2D eigenvalue weighted by Gasteiger charge is 2.39. The second kappa shape index (κ2) is 11.3. The van der Waals surface area contributed by atoms with Gasteiger partial charge in [-0.25, -0.2) is 0 Å². The Bertz CT molecular complexity index is 1140. The Labute approximate surface area is 206 Å². The fourth-order valence-corrected chi connectivity index (χ4v) is 4.27. The Hall–Kier alpha value is -4.22. The van der Waals surface area contributed by atoms with Gasteiger partial charge in [0.05, 0.1) is 30.2 Å². The monoisotopic (exact) mass is 463 g/mol. The summed E-state index contributed by atoms with van der Waals surface area (Å²) in [5, 5.41) is 3.70. The zero-order valence-electron chi connectivity index (χ0n) is 19.7. The molecular formula is C30H29N3O2. The summed E-state index contributed by atoms with van der Waals surface area (Å²) in [6.45, 7) is 0. The summed E-state index contributed by atoms with van der Waals surface area (Å²) >= 11 is 0. The van der Waals surface area contributed by atoms with Gasteiger partial charge in [-0.2, -0.15) is 0 Å². The lowest BCUT2D eigenvalue weighted by Crippen LogP contribution is -2.52. The van der Waals surface area contributed by atoms with Crippen molar-refractivity contribution in [3.05, 3.63) is 138 Å². The van der Waals surface area contributed by atoms with E-state index < -0.39 is 11.6 Å². The maximum atomic E-state index is 13.0. The highest BCUT2D eigenvalue weighted by Crippen LogP contribution is 2.37. The van der Waals surface area contributed by atoms with Crippen molar-refractivity contribution in [2.45, 2.75) is 18.0 Å². The van der Waals surface area contributed by atoms with Crippen molar-refractivity contribution in [2.75, 3.05) is 12.8 Å². The highest BCUT2D eigenvalue weighted by molar-refractivity contribution is 5.76. The normalized spacial score (nSPS) is 12.4. The van der Waals surface area contributed by atoms with Crippen LogP contribution >= 0.6 is 0 Å². The molecule has 0 unspecified atom stereocenters. The molecule has 1 atom stereocenters. The average Bonchev–Trinajstić information content (AvgIpc) is 2.93. The van der Waals surface area contributed by atoms with E-state index in [1.807, 2.05) is 72.8 Å². The van der Waals surface area contributed by atoms with Crippen LogP contribution in [0.3, 0.4) is 0 Å². The van der Waals surface area contributed by atoms with Crippen LogP contribution in [0.25, 0.3) is 6.08 Å². The number of ether oxygens (including phenoxy) is 1. The molecule has 0 aliphatic rings. The van der Waals surface area contributed by atoms with E-state index in [1.165, 1.54) is 7.11 Å². The van der Waals surface area contributed by atoms with Crippen LogP contribution in [0.5, 0.6) is 0 Å². The van der Waals surface area contributed by atoms with Crippen molar-refractivity contribution >= 4 is 17.7 Å². The predicted molar refractivity (Wildman–Crippen MR) is 140 cm³/mol. The number of nitrogens with zero attached hydrogens (tertiary/aromatic N) is 1. The Morgan fingerprint density at radius 1 is 0.886 bits per heavy atom. The summed E-state index contributed by atoms with van der Waals surface area (Å²) in [5.41, 5.74) is 9.40. The summed E-state index contributed by atoms with van der Waals surface area (Å²) in [5.74, 6) is -0.341. The summed E-state index contributed by atoms with van der Waals surface area (Å²) in [4.78, 5) is 17.3. The third kappa shape index (κ3) is 5.48. The highest BCUT2D eigenvalue weighted by atomic mass is 16.5. The molecule has 0 amide bonds. The van der Waals surface area contributed by atoms with Crippen LogP contribution in [0, 0.1) is 0 Å². The van der Waals surface area contributed by atoms with Gasteiger partial charge in [-0.3, -0.25) is 15.1 Å². The number of carbonyl (C=O) groups excluding carboxylic acids is 1. The fraction of sp³-hybridized carbons (Fsp3) is 0.133. The molecule has 0 aliphatic carbocycles. The number of hydrogen-bond acceptors (Lipinski definition) is 5. The molecule has 5 heteroatoms. The summed E-state index contributed by atoms with van der Waals surface area (Å²) < 4.78 is 5.22. The number of nitrogen functional groups attached to an aromatic ring is 1. The molecule has 176 valence electrons. The molecule has 0 saturated carbocycles. The van der Waals surface area contributed by atoms with E-state index in [1.54, 1.807) is 12.3 Å². The number of aromatic nitrogens is 1. The number of anilines is 1. The van der Waals surface area contributed by atoms with Crippen molar-refractivity contribution in [1.82, 2.24) is 10.3 Å². The molecule has 4 aromatic rings. The second-order valence-electron chi connectivity index (χ2n) is 8.22. The van der Waals surface area contributed by atoms with E-state index in [0.29, 0.717) is 12.1 Å². The van der Waals surface area contributed by atoms with Crippen molar-refractivity contribution in [3.8, 4) is 0 Å². The molecule has 3 N–H and O–H groups in total. The molecule has 0 saturated heterocycles. The number of carbonyl (C=O) groups is 1. The van der Waals surface area contributed by atoms with Crippen molar-refractivity contribution < 1.29 is 9.53 Å². The number of nitrogens with one attached hydrogen (secondary N) is 1. The smallest absolute Gasteiger partial charge is 0.323 e. The van der Waals surface area contributed by atoms with Crippen LogP contribution < -0.4 is 11.1 Å². The summed E-state index contributed by atoms with van der Waals surface area (Å²) in [7, 11) is 1.41. The molecule has 0 aliphatic heterocycles. The number of methoxy groups -OCH3 is 1. The van der Waals surface area contributed by atoms with Gasteiger partial charge in [0.2, 0.25) is 0 Å². The Kier molecular flexibility index (Phi) is 7.70. The standard InChI is InChI=1S/C30H29N3O2/c1-35-29(34)28(19-11-18-27-21-20-26(31)22-32-27)33-30(23-12-5-2-6-13-23,24-14-7-3-8-15-24)25-16-9-4-10-17-25/h2-18,20-22,28,33H,19,31H2,1H3/t28-/m0/s1. The third-order valence-corrected chi connectivity index (χ3v) is 5.97. The predicted octanol–water partition coefficient (Wildman–Crippen LogP) is 5.19. The first kappa shape index (κ1) is 23.9. The van der Waals surface area contributed by atoms with Gasteiger partial charge >= 0.3 is 5.97 Å². The molecule has 0 radical (unpaired) electrons. The maximum Gasteiger partial charge on any atom is 0.323 e. The Morgan fingerprint density at radius 3 is 1.83 bits per heavy atom. The van der Waals surface area contributed by atoms with Crippen LogP contribution in [0.4, 0.5) is 5.69 Å². The molecule has 0 fully saturated rings. The van der Waals surface area contributed by atoms with Crippen molar-refractivity contribution in [1.29, 1.82) is 0 Å². The van der Waals surface area contributed by atoms with E-state index in [4.69, 9.17) is 10.5 Å². The summed E-state index contributed by atoms with van der Waals surface area (Å²) in [6, 6.07) is 33.5. The van der Waals surface area contributed by atoms with E-state index in [0.717, 1.165) is 22.4 Å². The molecule has 3 aromatic carbocycles. The minimum absolute atomic E-state index is 0.341. The number of rotatable bonds is 9. The van der Waals surface area contributed by atoms with Crippen molar-refractivity contribution in [2.24, 2.45) is 0 Å². The molecular weight excluding hydrogens is 434 g/mol. The third-order valence-electron chi connectivity index (χ3n) is 5.97. The molecule has 1 aromatic heterocycles. The van der Waals surface area contributed by atoms with Gasteiger partial charge in [-0.05, 0) is 41.3 Å². The molecule has 4 rings (SSSR count). The van der Waals surface area contributed by atoms with Gasteiger partial charge in [0.25, 0.3) is 0 Å². The zero-order valence-corrected chi connectivity index (χ0v) is 19.7. The number of benzene rings is 3. The van der Waals surface area contributed by atoms with Crippen LogP contribution in [0.15, 0.2) is 115 Å². The molecule has 35 heavy (non-hydrogen) atoms. The number of pyridine rings is 1. The van der Waals surface area contributed by atoms with Crippen molar-refractivity contribution in [3.63, 3.8) is 0 Å². The topological polar surface area (TPSA) is 77.2 Å². The largest absolute Gasteiger partial charge is 0.468 e. The first-order valence-corrected chi connectivity index (χ1v) is 11.5. The van der Waals surface area contributed by atoms with Gasteiger partial charge < -0.3 is 10.5 Å². The van der Waals surface area contributed by atoms with E-state index in [-0.39, 0.29) is 5.97 Å². The minimum atomic E-state index is -0.782. The lowest BCUT2D eigenvalue weighted by Gasteiger charge is -2.39. The summed E-state index contributed by atoms with van der Waals surface area (Å²) in [6.07, 6.45) is 5.83. The fourth-order valence-electron chi connectivity index (χ4n) is 4.27. The van der Waals surface area contributed by atoms with E-state index >= 15 is 0 Å². The maximum absolute atomic E-state index is 13.0. The van der Waals surface area contributed by atoms with Crippen LogP contribution in [0.1, 0.15) is 28.8 Å². The molecule has 1 heterocycles. The lowest BCUT2D eigenvalue weighted by atomic mass is 9.76. The van der Waals surface area contributed by atoms with E-state index in [2.05, 4.69) is 46.7 Å². The van der Waals surface area contributed by atoms with Gasteiger partial charge in [0.1, 0.15) is 6.04 Å². The number of esters is 1. The Balaban J connectivity index is 1.79. The molecule has 0 bridgehead atoms. The van der Waals surface area contributed by atoms with Gasteiger partial charge in [0.15, 0.2) is 0 Å². The SMILES string of the molecule is COC(=O)[C@H](CC=Cc1ccc(N)cn1)NC(c1ccccc1)(c1ccccc1)c1ccccc1. The average molecular weight is 464 g/mol. The second-order valence-corrected chi connectivity index (χ2v) is 8.22. The first-order valence-electron chi connectivity index (χ1n) is 11.5.